The summed E-state index contributed by atoms with van der Waals surface area (Å²) in [5, 5.41) is 9.56. The summed E-state index contributed by atoms with van der Waals surface area (Å²) in [6, 6.07) is 2.56. The molecule has 102 valence electrons. The fourth-order valence-corrected chi connectivity index (χ4v) is 2.78. The Morgan fingerprint density at radius 3 is 2.74 bits per heavy atom. The van der Waals surface area contributed by atoms with E-state index in [2.05, 4.69) is 15.9 Å². The molecule has 0 aromatic heterocycles. The summed E-state index contributed by atoms with van der Waals surface area (Å²) in [6.07, 6.45) is 1.22. The largest absolute Gasteiger partial charge is 0.480 e. The number of carboxylic acids is 1. The average Bonchev–Trinajstić information content (AvgIpc) is 2.83. The van der Waals surface area contributed by atoms with Gasteiger partial charge in [0.25, 0.3) is 5.91 Å². The zero-order valence-electron chi connectivity index (χ0n) is 10.3. The van der Waals surface area contributed by atoms with Gasteiger partial charge < -0.3 is 10.0 Å². The number of carbonyl (C=O) groups excluding carboxylic acids is 1. The molecule has 1 amide bonds. The van der Waals surface area contributed by atoms with Gasteiger partial charge >= 0.3 is 5.97 Å². The fraction of sp³-hybridized carbons (Fsp3) is 0.385. The van der Waals surface area contributed by atoms with E-state index in [0.29, 0.717) is 30.0 Å². The van der Waals surface area contributed by atoms with Crippen molar-refractivity contribution < 1.29 is 14.7 Å². The summed E-state index contributed by atoms with van der Waals surface area (Å²) in [6.45, 7) is 2.31. The molecule has 1 atom stereocenters. The maximum atomic E-state index is 12.4. The minimum atomic E-state index is -0.953. The lowest BCUT2D eigenvalue weighted by atomic mass is 10.1. The van der Waals surface area contributed by atoms with Crippen LogP contribution < -0.4 is 0 Å². The highest BCUT2D eigenvalue weighted by Crippen LogP contribution is 2.29. The summed E-state index contributed by atoms with van der Waals surface area (Å²) < 4.78 is 0.752. The number of amides is 1. The molecule has 1 saturated heterocycles. The van der Waals surface area contributed by atoms with Crippen molar-refractivity contribution in [2.75, 3.05) is 6.54 Å². The van der Waals surface area contributed by atoms with E-state index in [9.17, 15) is 9.59 Å². The molecule has 0 bridgehead atoms. The lowest BCUT2D eigenvalue weighted by Crippen LogP contribution is -2.40. The number of nitrogens with zero attached hydrogens (tertiary/aromatic N) is 1. The molecule has 1 aliphatic rings. The van der Waals surface area contributed by atoms with Gasteiger partial charge in [-0.3, -0.25) is 4.79 Å². The number of aliphatic carboxylic acids is 1. The first-order valence-corrected chi connectivity index (χ1v) is 7.08. The van der Waals surface area contributed by atoms with Crippen LogP contribution in [0.25, 0.3) is 0 Å². The highest BCUT2D eigenvalue weighted by Gasteiger charge is 2.34. The van der Waals surface area contributed by atoms with Crippen molar-refractivity contribution in [1.29, 1.82) is 0 Å². The third-order valence-corrected chi connectivity index (χ3v) is 4.83. The Morgan fingerprint density at radius 2 is 2.16 bits per heavy atom. The summed E-state index contributed by atoms with van der Waals surface area (Å²) in [5.74, 6) is -1.23. The van der Waals surface area contributed by atoms with E-state index >= 15 is 0 Å². The number of halogens is 2. The number of benzene rings is 1. The highest BCUT2D eigenvalue weighted by atomic mass is 79.9. The Balaban J connectivity index is 2.32. The second-order valence-electron chi connectivity index (χ2n) is 4.58. The van der Waals surface area contributed by atoms with E-state index in [1.807, 2.05) is 6.92 Å². The molecule has 0 aliphatic carbocycles. The number of hydrogen-bond acceptors (Lipinski definition) is 2. The third kappa shape index (κ3) is 2.77. The molecule has 1 aromatic carbocycles. The first-order valence-electron chi connectivity index (χ1n) is 5.91. The first kappa shape index (κ1) is 14.3. The first-order chi connectivity index (χ1) is 8.91. The normalized spacial score (nSPS) is 18.7. The molecular formula is C13H13BrClNO3. The predicted octanol–water partition coefficient (Wildman–Crippen LogP) is 3.10. The van der Waals surface area contributed by atoms with Crippen LogP contribution in [0.15, 0.2) is 16.6 Å². The number of carbonyl (C=O) groups is 2. The number of rotatable bonds is 2. The monoisotopic (exact) mass is 345 g/mol. The molecule has 1 fully saturated rings. The zero-order valence-corrected chi connectivity index (χ0v) is 12.7. The van der Waals surface area contributed by atoms with Gasteiger partial charge in [0.1, 0.15) is 6.04 Å². The van der Waals surface area contributed by atoms with Gasteiger partial charge in [-0.1, -0.05) is 11.6 Å². The van der Waals surface area contributed by atoms with Crippen molar-refractivity contribution in [3.63, 3.8) is 0 Å². The van der Waals surface area contributed by atoms with Crippen molar-refractivity contribution in [2.24, 2.45) is 0 Å². The van der Waals surface area contributed by atoms with Crippen LogP contribution >= 0.6 is 27.5 Å². The molecule has 1 N–H and O–H groups in total. The van der Waals surface area contributed by atoms with Crippen LogP contribution in [0.2, 0.25) is 5.02 Å². The van der Waals surface area contributed by atoms with Crippen molar-refractivity contribution in [1.82, 2.24) is 4.90 Å². The van der Waals surface area contributed by atoms with Crippen LogP contribution in [0, 0.1) is 6.92 Å². The van der Waals surface area contributed by atoms with Crippen molar-refractivity contribution in [2.45, 2.75) is 25.8 Å². The van der Waals surface area contributed by atoms with Crippen LogP contribution in [0.5, 0.6) is 0 Å². The number of aryl methyl sites for hydroxylation is 1. The van der Waals surface area contributed by atoms with E-state index in [-0.39, 0.29) is 5.91 Å². The van der Waals surface area contributed by atoms with Crippen LogP contribution in [0.1, 0.15) is 28.8 Å². The standard InChI is InChI=1S/C13H13BrClNO3/c1-7-5-8(6-9(15)11(7)14)12(17)16-4-2-3-10(16)13(18)19/h5-6,10H,2-4H2,1H3,(H,18,19). The number of hydrogen-bond donors (Lipinski definition) is 1. The van der Waals surface area contributed by atoms with Gasteiger partial charge in [0.05, 0.1) is 5.02 Å². The molecule has 1 heterocycles. The van der Waals surface area contributed by atoms with Crippen LogP contribution in [0.4, 0.5) is 0 Å². The number of likely N-dealkylation sites (tertiary alicyclic amines) is 1. The van der Waals surface area contributed by atoms with Crippen LogP contribution in [-0.2, 0) is 4.79 Å². The summed E-state index contributed by atoms with van der Waals surface area (Å²) >= 11 is 9.36. The van der Waals surface area contributed by atoms with E-state index in [1.165, 1.54) is 4.90 Å². The second kappa shape index (κ2) is 5.51. The van der Waals surface area contributed by atoms with Gasteiger partial charge in [-0.15, -0.1) is 0 Å². The van der Waals surface area contributed by atoms with Gasteiger partial charge in [-0.05, 0) is 53.4 Å². The van der Waals surface area contributed by atoms with E-state index in [1.54, 1.807) is 12.1 Å². The number of carboxylic acid groups (broad SMARTS) is 1. The molecule has 19 heavy (non-hydrogen) atoms. The Morgan fingerprint density at radius 1 is 1.47 bits per heavy atom. The molecule has 0 radical (unpaired) electrons. The summed E-state index contributed by atoms with van der Waals surface area (Å²) in [5.41, 5.74) is 1.28. The highest BCUT2D eigenvalue weighted by molar-refractivity contribution is 9.10. The molecular weight excluding hydrogens is 334 g/mol. The maximum absolute atomic E-state index is 12.4. The van der Waals surface area contributed by atoms with Gasteiger partial charge in [0.15, 0.2) is 0 Å². The Bertz CT molecular complexity index is 524. The molecule has 1 unspecified atom stereocenters. The molecule has 0 spiro atoms. The predicted molar refractivity (Wildman–Crippen MR) is 75.6 cm³/mol. The van der Waals surface area contributed by atoms with E-state index < -0.39 is 12.0 Å². The van der Waals surface area contributed by atoms with Crippen molar-refractivity contribution >= 4 is 39.4 Å². The van der Waals surface area contributed by atoms with E-state index in [0.717, 1.165) is 10.0 Å². The average molecular weight is 347 g/mol. The lowest BCUT2D eigenvalue weighted by Gasteiger charge is -2.22. The molecule has 1 aliphatic heterocycles. The minimum Gasteiger partial charge on any atom is -0.480 e. The van der Waals surface area contributed by atoms with Crippen LogP contribution in [-0.4, -0.2) is 34.5 Å². The van der Waals surface area contributed by atoms with E-state index in [4.69, 9.17) is 16.7 Å². The molecule has 0 saturated carbocycles. The zero-order chi connectivity index (χ0) is 14.2. The summed E-state index contributed by atoms with van der Waals surface area (Å²) in [4.78, 5) is 24.9. The minimum absolute atomic E-state index is 0.276. The van der Waals surface area contributed by atoms with Gasteiger partial charge in [0, 0.05) is 16.6 Å². The molecule has 1 aromatic rings. The summed E-state index contributed by atoms with van der Waals surface area (Å²) in [7, 11) is 0. The van der Waals surface area contributed by atoms with Gasteiger partial charge in [-0.25, -0.2) is 4.79 Å². The lowest BCUT2D eigenvalue weighted by molar-refractivity contribution is -0.141. The van der Waals surface area contributed by atoms with Crippen molar-refractivity contribution in [3.8, 4) is 0 Å². The van der Waals surface area contributed by atoms with Gasteiger partial charge in [0.2, 0.25) is 0 Å². The maximum Gasteiger partial charge on any atom is 0.326 e. The Hall–Kier alpha value is -1.07. The van der Waals surface area contributed by atoms with Gasteiger partial charge in [-0.2, -0.15) is 0 Å². The van der Waals surface area contributed by atoms with Crippen molar-refractivity contribution in [3.05, 3.63) is 32.8 Å². The SMILES string of the molecule is Cc1cc(C(=O)N2CCCC2C(=O)O)cc(Cl)c1Br. The second-order valence-corrected chi connectivity index (χ2v) is 5.78. The third-order valence-electron chi connectivity index (χ3n) is 3.26. The smallest absolute Gasteiger partial charge is 0.326 e. The molecule has 2 rings (SSSR count). The Labute approximate surface area is 124 Å². The molecule has 6 heteroatoms. The quantitative estimate of drug-likeness (QED) is 0.895. The topological polar surface area (TPSA) is 57.6 Å². The molecule has 4 nitrogen and oxygen atoms in total. The Kier molecular flexibility index (Phi) is 4.16. The fourth-order valence-electron chi connectivity index (χ4n) is 2.28. The van der Waals surface area contributed by atoms with Crippen LogP contribution in [0.3, 0.4) is 0 Å².